The van der Waals surface area contributed by atoms with E-state index in [0.29, 0.717) is 15.7 Å². The molecule has 18 heavy (non-hydrogen) atoms. The molecule has 1 aromatic heterocycles. The number of halogens is 2. The molecule has 1 N–H and O–H groups in total. The Labute approximate surface area is 112 Å². The van der Waals surface area contributed by atoms with Crippen LogP contribution in [0.4, 0.5) is 10.1 Å². The lowest BCUT2D eigenvalue weighted by Crippen LogP contribution is -2.12. The van der Waals surface area contributed by atoms with Gasteiger partial charge in [-0.1, -0.05) is 0 Å². The number of carbonyl (C=O) groups is 1. The molecule has 1 aromatic carbocycles. The minimum atomic E-state index is -0.418. The lowest BCUT2D eigenvalue weighted by atomic mass is 10.2. The Kier molecular flexibility index (Phi) is 3.72. The molecule has 0 radical (unpaired) electrons. The van der Waals surface area contributed by atoms with Gasteiger partial charge < -0.3 is 5.32 Å². The average Bonchev–Trinajstić information content (AvgIpc) is 2.34. The van der Waals surface area contributed by atoms with Gasteiger partial charge in [-0.15, -0.1) is 0 Å². The third kappa shape index (κ3) is 2.92. The summed E-state index contributed by atoms with van der Waals surface area (Å²) in [6, 6.07) is 7.71. The van der Waals surface area contributed by atoms with Gasteiger partial charge >= 0.3 is 0 Å². The molecule has 0 spiro atoms. The van der Waals surface area contributed by atoms with Crippen LogP contribution in [-0.4, -0.2) is 10.9 Å². The van der Waals surface area contributed by atoms with Crippen molar-refractivity contribution in [3.05, 3.63) is 58.1 Å². The van der Waals surface area contributed by atoms with E-state index in [1.54, 1.807) is 37.4 Å². The zero-order chi connectivity index (χ0) is 13.1. The number of amides is 1. The van der Waals surface area contributed by atoms with Crippen LogP contribution in [0.2, 0.25) is 0 Å². The molecule has 2 rings (SSSR count). The standard InChI is InChI=1S/C13H10BrFN2O/c1-8-6-9(4-5-16-8)13(18)17-10-2-3-11(14)12(15)7-10/h2-7H,1H3,(H,17,18). The zero-order valence-electron chi connectivity index (χ0n) is 9.58. The molecule has 0 aliphatic heterocycles. The van der Waals surface area contributed by atoms with Crippen molar-refractivity contribution in [2.24, 2.45) is 0 Å². The molecule has 0 saturated heterocycles. The van der Waals surface area contributed by atoms with Crippen LogP contribution in [0.1, 0.15) is 16.1 Å². The highest BCUT2D eigenvalue weighted by atomic mass is 79.9. The van der Waals surface area contributed by atoms with Crippen molar-refractivity contribution in [2.75, 3.05) is 5.32 Å². The highest BCUT2D eigenvalue weighted by molar-refractivity contribution is 9.10. The predicted octanol–water partition coefficient (Wildman–Crippen LogP) is 3.54. The largest absolute Gasteiger partial charge is 0.322 e. The monoisotopic (exact) mass is 308 g/mol. The lowest BCUT2D eigenvalue weighted by molar-refractivity contribution is 0.102. The van der Waals surface area contributed by atoms with E-state index in [1.807, 2.05) is 0 Å². The van der Waals surface area contributed by atoms with E-state index in [9.17, 15) is 9.18 Å². The van der Waals surface area contributed by atoms with Crippen LogP contribution in [0.3, 0.4) is 0 Å². The summed E-state index contributed by atoms with van der Waals surface area (Å²) in [6.07, 6.45) is 1.56. The van der Waals surface area contributed by atoms with Crippen LogP contribution in [0.15, 0.2) is 41.0 Å². The van der Waals surface area contributed by atoms with Gasteiger partial charge in [-0.05, 0) is 53.2 Å². The minimum Gasteiger partial charge on any atom is -0.322 e. The second-order valence-corrected chi connectivity index (χ2v) is 4.62. The Morgan fingerprint density at radius 3 is 2.78 bits per heavy atom. The van der Waals surface area contributed by atoms with E-state index in [4.69, 9.17) is 0 Å². The average molecular weight is 309 g/mol. The van der Waals surface area contributed by atoms with Gasteiger partial charge in [0.2, 0.25) is 0 Å². The van der Waals surface area contributed by atoms with Gasteiger partial charge in [-0.2, -0.15) is 0 Å². The predicted molar refractivity (Wildman–Crippen MR) is 71.0 cm³/mol. The fourth-order valence-corrected chi connectivity index (χ4v) is 1.71. The van der Waals surface area contributed by atoms with Crippen LogP contribution in [0.5, 0.6) is 0 Å². The zero-order valence-corrected chi connectivity index (χ0v) is 11.2. The number of hydrogen-bond acceptors (Lipinski definition) is 2. The highest BCUT2D eigenvalue weighted by Gasteiger charge is 2.07. The molecule has 0 bridgehead atoms. The smallest absolute Gasteiger partial charge is 0.255 e. The number of pyridine rings is 1. The fraction of sp³-hybridized carbons (Fsp3) is 0.0769. The summed E-state index contributed by atoms with van der Waals surface area (Å²) in [4.78, 5) is 15.9. The quantitative estimate of drug-likeness (QED) is 0.922. The summed E-state index contributed by atoms with van der Waals surface area (Å²) < 4.78 is 13.6. The topological polar surface area (TPSA) is 42.0 Å². The van der Waals surface area contributed by atoms with Gasteiger partial charge in [0.1, 0.15) is 5.82 Å². The molecule has 0 unspecified atom stereocenters. The number of aryl methyl sites for hydroxylation is 1. The second-order valence-electron chi connectivity index (χ2n) is 3.77. The summed E-state index contributed by atoms with van der Waals surface area (Å²) in [5.41, 5.74) is 1.66. The van der Waals surface area contributed by atoms with Gasteiger partial charge in [-0.3, -0.25) is 9.78 Å². The molecule has 0 aliphatic carbocycles. The maximum absolute atomic E-state index is 13.3. The van der Waals surface area contributed by atoms with E-state index in [-0.39, 0.29) is 5.91 Å². The van der Waals surface area contributed by atoms with Crippen LogP contribution in [0.25, 0.3) is 0 Å². The molecular formula is C13H10BrFN2O. The molecule has 0 atom stereocenters. The van der Waals surface area contributed by atoms with E-state index in [0.717, 1.165) is 5.69 Å². The number of rotatable bonds is 2. The van der Waals surface area contributed by atoms with Crippen molar-refractivity contribution in [1.82, 2.24) is 4.98 Å². The van der Waals surface area contributed by atoms with Crippen LogP contribution in [0, 0.1) is 12.7 Å². The molecular weight excluding hydrogens is 299 g/mol. The molecule has 3 nitrogen and oxygen atoms in total. The van der Waals surface area contributed by atoms with Crippen LogP contribution in [-0.2, 0) is 0 Å². The molecule has 92 valence electrons. The number of carbonyl (C=O) groups excluding carboxylic acids is 1. The lowest BCUT2D eigenvalue weighted by Gasteiger charge is -2.06. The van der Waals surface area contributed by atoms with Gasteiger partial charge in [0, 0.05) is 23.1 Å². The first-order valence-electron chi connectivity index (χ1n) is 5.25. The summed E-state index contributed by atoms with van der Waals surface area (Å²) in [6.45, 7) is 1.80. The Morgan fingerprint density at radius 1 is 1.33 bits per heavy atom. The molecule has 5 heteroatoms. The summed E-state index contributed by atoms with van der Waals surface area (Å²) in [5, 5.41) is 2.63. The number of anilines is 1. The first kappa shape index (κ1) is 12.7. The Bertz CT molecular complexity index is 601. The number of nitrogens with zero attached hydrogens (tertiary/aromatic N) is 1. The summed E-state index contributed by atoms with van der Waals surface area (Å²) in [7, 11) is 0. The summed E-state index contributed by atoms with van der Waals surface area (Å²) >= 11 is 3.05. The minimum absolute atomic E-state index is 0.290. The van der Waals surface area contributed by atoms with E-state index < -0.39 is 5.82 Å². The molecule has 2 aromatic rings. The van der Waals surface area contributed by atoms with Crippen molar-refractivity contribution in [1.29, 1.82) is 0 Å². The first-order valence-corrected chi connectivity index (χ1v) is 6.04. The van der Waals surface area contributed by atoms with E-state index in [1.165, 1.54) is 6.07 Å². The third-order valence-corrected chi connectivity index (χ3v) is 2.98. The molecule has 1 heterocycles. The molecule has 0 saturated carbocycles. The van der Waals surface area contributed by atoms with Crippen molar-refractivity contribution < 1.29 is 9.18 Å². The first-order chi connectivity index (χ1) is 8.56. The fourth-order valence-electron chi connectivity index (χ4n) is 1.46. The molecule has 0 aliphatic rings. The SMILES string of the molecule is Cc1cc(C(=O)Nc2ccc(Br)c(F)c2)ccn1. The second kappa shape index (κ2) is 5.27. The van der Waals surface area contributed by atoms with Gasteiger partial charge in [0.15, 0.2) is 0 Å². The normalized spacial score (nSPS) is 10.2. The van der Waals surface area contributed by atoms with Crippen molar-refractivity contribution >= 4 is 27.5 Å². The highest BCUT2D eigenvalue weighted by Crippen LogP contribution is 2.19. The van der Waals surface area contributed by atoms with Gasteiger partial charge in [0.25, 0.3) is 5.91 Å². The van der Waals surface area contributed by atoms with Crippen molar-refractivity contribution in [3.8, 4) is 0 Å². The van der Waals surface area contributed by atoms with E-state index in [2.05, 4.69) is 26.2 Å². The maximum Gasteiger partial charge on any atom is 0.255 e. The number of aromatic nitrogens is 1. The van der Waals surface area contributed by atoms with E-state index >= 15 is 0 Å². The van der Waals surface area contributed by atoms with Crippen molar-refractivity contribution in [3.63, 3.8) is 0 Å². The van der Waals surface area contributed by atoms with Gasteiger partial charge in [-0.25, -0.2) is 4.39 Å². The number of hydrogen-bond donors (Lipinski definition) is 1. The number of nitrogens with one attached hydrogen (secondary N) is 1. The van der Waals surface area contributed by atoms with Gasteiger partial charge in [0.05, 0.1) is 4.47 Å². The Balaban J connectivity index is 2.18. The maximum atomic E-state index is 13.3. The van der Waals surface area contributed by atoms with Crippen LogP contribution >= 0.6 is 15.9 Å². The van der Waals surface area contributed by atoms with Crippen molar-refractivity contribution in [2.45, 2.75) is 6.92 Å². The molecule has 0 fully saturated rings. The van der Waals surface area contributed by atoms with Crippen LogP contribution < -0.4 is 5.32 Å². The summed E-state index contributed by atoms with van der Waals surface area (Å²) in [5.74, 6) is -0.707. The Hall–Kier alpha value is -1.75. The molecule has 1 amide bonds. The Morgan fingerprint density at radius 2 is 2.11 bits per heavy atom. The number of benzene rings is 1. The third-order valence-electron chi connectivity index (χ3n) is 2.34.